The number of pyridine rings is 1. The normalized spacial score (nSPS) is 17.3. The number of rotatable bonds is 1. The van der Waals surface area contributed by atoms with Crippen molar-refractivity contribution in [1.29, 1.82) is 0 Å². The van der Waals surface area contributed by atoms with E-state index in [2.05, 4.69) is 22.9 Å². The predicted molar refractivity (Wildman–Crippen MR) is 76.8 cm³/mol. The van der Waals surface area contributed by atoms with E-state index in [1.807, 2.05) is 24.4 Å². The van der Waals surface area contributed by atoms with E-state index in [9.17, 15) is 0 Å². The Balaban J connectivity index is 2.01. The fourth-order valence-electron chi connectivity index (χ4n) is 2.65. The summed E-state index contributed by atoms with van der Waals surface area (Å²) in [6.07, 6.45) is 4.40. The molecule has 1 aliphatic rings. The molecule has 1 aromatic carbocycles. The van der Waals surface area contributed by atoms with Crippen LogP contribution in [0, 0.1) is 5.92 Å². The Hall–Kier alpha value is -1.77. The van der Waals surface area contributed by atoms with Crippen LogP contribution in [0.2, 0.25) is 0 Å². The maximum atomic E-state index is 5.84. The van der Waals surface area contributed by atoms with E-state index in [1.165, 1.54) is 23.6 Å². The van der Waals surface area contributed by atoms with Gasteiger partial charge in [0.2, 0.25) is 0 Å². The summed E-state index contributed by atoms with van der Waals surface area (Å²) in [5, 5.41) is 2.39. The highest BCUT2D eigenvalue weighted by Crippen LogP contribution is 2.29. The third kappa shape index (κ3) is 2.01. The maximum absolute atomic E-state index is 5.84. The Labute approximate surface area is 108 Å². The molecule has 3 nitrogen and oxygen atoms in total. The van der Waals surface area contributed by atoms with Crippen LogP contribution in [0.3, 0.4) is 0 Å². The molecular weight excluding hydrogens is 222 g/mol. The van der Waals surface area contributed by atoms with Gasteiger partial charge in [0.05, 0.1) is 0 Å². The zero-order valence-corrected chi connectivity index (χ0v) is 10.8. The highest BCUT2D eigenvalue weighted by molar-refractivity contribution is 5.93. The molecule has 0 atom stereocenters. The van der Waals surface area contributed by atoms with E-state index in [-0.39, 0.29) is 0 Å². The summed E-state index contributed by atoms with van der Waals surface area (Å²) in [6.45, 7) is 4.55. The molecule has 94 valence electrons. The Morgan fingerprint density at radius 3 is 2.78 bits per heavy atom. The van der Waals surface area contributed by atoms with Gasteiger partial charge in [-0.2, -0.15) is 0 Å². The summed E-state index contributed by atoms with van der Waals surface area (Å²) >= 11 is 0. The molecule has 2 aromatic rings. The van der Waals surface area contributed by atoms with E-state index in [0.29, 0.717) is 0 Å². The minimum absolute atomic E-state index is 0.812. The molecule has 3 heteroatoms. The zero-order valence-electron chi connectivity index (χ0n) is 10.8. The number of aromatic nitrogens is 1. The molecule has 0 radical (unpaired) electrons. The van der Waals surface area contributed by atoms with Crippen molar-refractivity contribution in [2.45, 2.75) is 19.8 Å². The number of hydrogen-bond donors (Lipinski definition) is 1. The Kier molecular flexibility index (Phi) is 2.82. The lowest BCUT2D eigenvalue weighted by Crippen LogP contribution is -2.33. The molecule has 1 aromatic heterocycles. The van der Waals surface area contributed by atoms with Gasteiger partial charge >= 0.3 is 0 Å². The highest BCUT2D eigenvalue weighted by atomic mass is 15.2. The van der Waals surface area contributed by atoms with E-state index in [4.69, 9.17) is 5.73 Å². The molecule has 0 spiro atoms. The second-order valence-electron chi connectivity index (χ2n) is 5.28. The van der Waals surface area contributed by atoms with Crippen LogP contribution in [0.5, 0.6) is 0 Å². The van der Waals surface area contributed by atoms with Gasteiger partial charge in [0, 0.05) is 30.4 Å². The number of nitrogen functional groups attached to an aromatic ring is 1. The Bertz CT molecular complexity index is 557. The standard InChI is InChI=1S/C15H19N3/c1-11-5-8-18(9-6-11)15-14-3-2-13(16)10-12(14)4-7-17-15/h2-4,7,10-11H,5-6,8-9,16H2,1H3. The largest absolute Gasteiger partial charge is 0.399 e. The maximum Gasteiger partial charge on any atom is 0.136 e. The summed E-state index contributed by atoms with van der Waals surface area (Å²) in [5.74, 6) is 1.95. The smallest absolute Gasteiger partial charge is 0.136 e. The molecular formula is C15H19N3. The van der Waals surface area contributed by atoms with Gasteiger partial charge in [0.25, 0.3) is 0 Å². The lowest BCUT2D eigenvalue weighted by atomic mass is 9.99. The van der Waals surface area contributed by atoms with Crippen molar-refractivity contribution in [2.75, 3.05) is 23.7 Å². The summed E-state index contributed by atoms with van der Waals surface area (Å²) in [6, 6.07) is 8.10. The molecule has 3 rings (SSSR count). The molecule has 0 aliphatic carbocycles. The van der Waals surface area contributed by atoms with Gasteiger partial charge in [-0.05, 0) is 48.4 Å². The summed E-state index contributed by atoms with van der Waals surface area (Å²) in [4.78, 5) is 6.97. The molecule has 2 heterocycles. The first kappa shape index (κ1) is 11.3. The third-order valence-corrected chi connectivity index (χ3v) is 3.85. The quantitative estimate of drug-likeness (QED) is 0.780. The second-order valence-corrected chi connectivity index (χ2v) is 5.28. The van der Waals surface area contributed by atoms with Gasteiger partial charge in [0.15, 0.2) is 0 Å². The molecule has 0 unspecified atom stereocenters. The van der Waals surface area contributed by atoms with Gasteiger partial charge in [0.1, 0.15) is 5.82 Å². The average molecular weight is 241 g/mol. The van der Waals surface area contributed by atoms with Gasteiger partial charge < -0.3 is 10.6 Å². The molecule has 1 fully saturated rings. The average Bonchev–Trinajstić information content (AvgIpc) is 2.38. The molecule has 18 heavy (non-hydrogen) atoms. The van der Waals surface area contributed by atoms with Crippen molar-refractivity contribution in [3.05, 3.63) is 30.5 Å². The monoisotopic (exact) mass is 241 g/mol. The summed E-state index contributed by atoms with van der Waals surface area (Å²) < 4.78 is 0. The van der Waals surface area contributed by atoms with Crippen LogP contribution in [0.15, 0.2) is 30.5 Å². The van der Waals surface area contributed by atoms with Crippen LogP contribution >= 0.6 is 0 Å². The minimum atomic E-state index is 0.812. The number of nitrogens with two attached hydrogens (primary N) is 1. The van der Waals surface area contributed by atoms with Crippen molar-refractivity contribution in [2.24, 2.45) is 5.92 Å². The first-order valence-electron chi connectivity index (χ1n) is 6.63. The lowest BCUT2D eigenvalue weighted by molar-refractivity contribution is 0.437. The number of piperidine rings is 1. The number of fused-ring (bicyclic) bond motifs is 1. The van der Waals surface area contributed by atoms with Crippen molar-refractivity contribution < 1.29 is 0 Å². The fourth-order valence-corrected chi connectivity index (χ4v) is 2.65. The molecule has 1 saturated heterocycles. The van der Waals surface area contributed by atoms with Crippen molar-refractivity contribution in [3.8, 4) is 0 Å². The Morgan fingerprint density at radius 1 is 1.22 bits per heavy atom. The van der Waals surface area contributed by atoms with E-state index in [1.54, 1.807) is 0 Å². The highest BCUT2D eigenvalue weighted by Gasteiger charge is 2.18. The first-order valence-corrected chi connectivity index (χ1v) is 6.63. The van der Waals surface area contributed by atoms with E-state index in [0.717, 1.165) is 30.5 Å². The molecule has 0 bridgehead atoms. The van der Waals surface area contributed by atoms with Gasteiger partial charge in [-0.1, -0.05) is 6.92 Å². The minimum Gasteiger partial charge on any atom is -0.399 e. The van der Waals surface area contributed by atoms with Crippen LogP contribution in [0.1, 0.15) is 19.8 Å². The van der Waals surface area contributed by atoms with Gasteiger partial charge in [-0.3, -0.25) is 0 Å². The SMILES string of the molecule is CC1CCN(c2nccc3cc(N)ccc23)CC1. The molecule has 2 N–H and O–H groups in total. The second kappa shape index (κ2) is 4.48. The Morgan fingerprint density at radius 2 is 2.00 bits per heavy atom. The van der Waals surface area contributed by atoms with Crippen LogP contribution in [0.25, 0.3) is 10.8 Å². The topological polar surface area (TPSA) is 42.2 Å². The number of nitrogens with zero attached hydrogens (tertiary/aromatic N) is 2. The first-order chi connectivity index (χ1) is 8.74. The van der Waals surface area contributed by atoms with E-state index >= 15 is 0 Å². The lowest BCUT2D eigenvalue weighted by Gasteiger charge is -2.31. The van der Waals surface area contributed by atoms with Crippen molar-refractivity contribution in [3.63, 3.8) is 0 Å². The van der Waals surface area contributed by atoms with Crippen LogP contribution < -0.4 is 10.6 Å². The predicted octanol–water partition coefficient (Wildman–Crippen LogP) is 3.05. The van der Waals surface area contributed by atoms with E-state index < -0.39 is 0 Å². The number of benzene rings is 1. The van der Waals surface area contributed by atoms with Crippen LogP contribution in [0.4, 0.5) is 11.5 Å². The molecule has 1 aliphatic heterocycles. The number of hydrogen-bond acceptors (Lipinski definition) is 3. The van der Waals surface area contributed by atoms with Gasteiger partial charge in [-0.25, -0.2) is 4.98 Å². The summed E-state index contributed by atoms with van der Waals surface area (Å²) in [5.41, 5.74) is 6.65. The van der Waals surface area contributed by atoms with Crippen LogP contribution in [-0.2, 0) is 0 Å². The van der Waals surface area contributed by atoms with Crippen molar-refractivity contribution >= 4 is 22.3 Å². The summed E-state index contributed by atoms with van der Waals surface area (Å²) in [7, 11) is 0. The van der Waals surface area contributed by atoms with Crippen molar-refractivity contribution in [1.82, 2.24) is 4.98 Å². The molecule has 0 amide bonds. The third-order valence-electron chi connectivity index (χ3n) is 3.85. The van der Waals surface area contributed by atoms with Gasteiger partial charge in [-0.15, -0.1) is 0 Å². The number of anilines is 2. The molecule has 0 saturated carbocycles. The zero-order chi connectivity index (χ0) is 12.5. The van der Waals surface area contributed by atoms with Crippen LogP contribution in [-0.4, -0.2) is 18.1 Å². The fraction of sp³-hybridized carbons (Fsp3) is 0.400.